The van der Waals surface area contributed by atoms with Gasteiger partial charge in [0.1, 0.15) is 0 Å². The zero-order chi connectivity index (χ0) is 20.7. The van der Waals surface area contributed by atoms with Gasteiger partial charge in [0.05, 0.1) is 16.7 Å². The standard InChI is InChI=1S/C26H24BNO2/c1-25(2)26(3,4)30-27(29-25)21-15-9-14-20-22-18-12-7-5-10-16(18)17-11-6-8-13-19(17)24(22)28-23(20)21/h5-15,28H,1-4H3. The largest absolute Gasteiger partial charge is 0.497 e. The highest BCUT2D eigenvalue weighted by Gasteiger charge is 2.52. The molecule has 30 heavy (non-hydrogen) atoms. The molecule has 0 saturated carbocycles. The second-order valence-electron chi connectivity index (χ2n) is 9.32. The smallest absolute Gasteiger partial charge is 0.399 e. The van der Waals surface area contributed by atoms with E-state index in [1.165, 1.54) is 37.8 Å². The van der Waals surface area contributed by atoms with Crippen molar-refractivity contribution in [2.45, 2.75) is 38.9 Å². The molecule has 0 bridgehead atoms. The Morgan fingerprint density at radius 3 is 1.80 bits per heavy atom. The average Bonchev–Trinajstić information content (AvgIpc) is 3.22. The zero-order valence-corrected chi connectivity index (χ0v) is 17.7. The molecular formula is C26H24BNO2. The van der Waals surface area contributed by atoms with Crippen molar-refractivity contribution in [1.82, 2.24) is 4.98 Å². The summed E-state index contributed by atoms with van der Waals surface area (Å²) in [5, 5.41) is 7.52. The van der Waals surface area contributed by atoms with Crippen LogP contribution in [0.2, 0.25) is 0 Å². The van der Waals surface area contributed by atoms with Crippen LogP contribution in [-0.4, -0.2) is 23.3 Å². The number of aromatic nitrogens is 1. The van der Waals surface area contributed by atoms with E-state index < -0.39 is 7.12 Å². The van der Waals surface area contributed by atoms with E-state index in [1.807, 2.05) is 0 Å². The van der Waals surface area contributed by atoms with Gasteiger partial charge in [0.15, 0.2) is 0 Å². The van der Waals surface area contributed by atoms with Gasteiger partial charge in [0.25, 0.3) is 0 Å². The minimum absolute atomic E-state index is 0.370. The molecule has 4 heteroatoms. The number of H-pyrrole nitrogens is 1. The number of fused-ring (bicyclic) bond motifs is 8. The molecular weight excluding hydrogens is 369 g/mol. The van der Waals surface area contributed by atoms with Crippen LogP contribution in [-0.2, 0) is 9.31 Å². The molecule has 0 unspecified atom stereocenters. The van der Waals surface area contributed by atoms with Crippen molar-refractivity contribution in [3.8, 4) is 0 Å². The lowest BCUT2D eigenvalue weighted by molar-refractivity contribution is 0.00578. The quantitative estimate of drug-likeness (QED) is 0.283. The molecule has 1 aromatic heterocycles. The molecule has 3 nitrogen and oxygen atoms in total. The Kier molecular flexibility index (Phi) is 3.52. The van der Waals surface area contributed by atoms with E-state index >= 15 is 0 Å². The fraction of sp³-hybridized carbons (Fsp3) is 0.231. The van der Waals surface area contributed by atoms with E-state index in [9.17, 15) is 0 Å². The van der Waals surface area contributed by atoms with Crippen molar-refractivity contribution in [3.05, 3.63) is 66.7 Å². The second-order valence-corrected chi connectivity index (χ2v) is 9.32. The first-order valence-electron chi connectivity index (χ1n) is 10.6. The third-order valence-electron chi connectivity index (χ3n) is 7.06. The summed E-state index contributed by atoms with van der Waals surface area (Å²) in [6, 6.07) is 23.7. The number of nitrogens with one attached hydrogen (secondary N) is 1. The Bertz CT molecular complexity index is 1450. The van der Waals surface area contributed by atoms with Gasteiger partial charge in [-0.05, 0) is 43.9 Å². The van der Waals surface area contributed by atoms with Gasteiger partial charge in [0, 0.05) is 27.1 Å². The first-order valence-corrected chi connectivity index (χ1v) is 10.6. The number of para-hydroxylation sites is 1. The Balaban J connectivity index is 1.72. The predicted octanol–water partition coefficient (Wildman–Crippen LogP) is 5.93. The molecule has 1 aliphatic heterocycles. The first kappa shape index (κ1) is 18.0. The van der Waals surface area contributed by atoms with E-state index in [0.29, 0.717) is 0 Å². The Hall–Kier alpha value is -2.82. The molecule has 0 spiro atoms. The van der Waals surface area contributed by atoms with E-state index in [2.05, 4.69) is 99.4 Å². The SMILES string of the molecule is CC1(C)OB(c2cccc3c2[nH]c2c4ccccc4c4ccccc4c32)OC1(C)C. The van der Waals surface area contributed by atoms with Crippen LogP contribution >= 0.6 is 0 Å². The van der Waals surface area contributed by atoms with Crippen LogP contribution in [0, 0.1) is 0 Å². The van der Waals surface area contributed by atoms with E-state index in [-0.39, 0.29) is 11.2 Å². The number of rotatable bonds is 1. The molecule has 0 radical (unpaired) electrons. The van der Waals surface area contributed by atoms with Crippen molar-refractivity contribution >= 4 is 55.9 Å². The molecule has 0 amide bonds. The lowest BCUT2D eigenvalue weighted by atomic mass is 9.78. The molecule has 1 fully saturated rings. The van der Waals surface area contributed by atoms with Crippen molar-refractivity contribution in [3.63, 3.8) is 0 Å². The predicted molar refractivity (Wildman–Crippen MR) is 127 cm³/mol. The minimum Gasteiger partial charge on any atom is -0.399 e. The molecule has 1 aliphatic rings. The van der Waals surface area contributed by atoms with Gasteiger partial charge < -0.3 is 14.3 Å². The van der Waals surface area contributed by atoms with Crippen LogP contribution in [0.5, 0.6) is 0 Å². The summed E-state index contributed by atoms with van der Waals surface area (Å²) in [4.78, 5) is 3.75. The molecule has 0 aliphatic carbocycles. The highest BCUT2D eigenvalue weighted by atomic mass is 16.7. The Morgan fingerprint density at radius 1 is 0.600 bits per heavy atom. The Morgan fingerprint density at radius 2 is 1.13 bits per heavy atom. The lowest BCUT2D eigenvalue weighted by Crippen LogP contribution is -2.41. The van der Waals surface area contributed by atoms with Crippen LogP contribution in [0.15, 0.2) is 66.7 Å². The summed E-state index contributed by atoms with van der Waals surface area (Å²) in [5.41, 5.74) is 2.57. The number of benzene rings is 4. The molecule has 1 saturated heterocycles. The van der Waals surface area contributed by atoms with Crippen LogP contribution in [0.4, 0.5) is 0 Å². The Labute approximate surface area is 176 Å². The molecule has 6 rings (SSSR count). The summed E-state index contributed by atoms with van der Waals surface area (Å²) < 4.78 is 12.8. The van der Waals surface area contributed by atoms with Crippen LogP contribution in [0.1, 0.15) is 27.7 Å². The molecule has 0 atom stereocenters. The van der Waals surface area contributed by atoms with Crippen LogP contribution < -0.4 is 5.46 Å². The number of hydrogen-bond donors (Lipinski definition) is 1. The number of aromatic amines is 1. The van der Waals surface area contributed by atoms with Gasteiger partial charge in [-0.3, -0.25) is 0 Å². The van der Waals surface area contributed by atoms with E-state index in [0.717, 1.165) is 11.0 Å². The third kappa shape index (κ3) is 2.29. The highest BCUT2D eigenvalue weighted by molar-refractivity contribution is 6.65. The molecule has 148 valence electrons. The summed E-state index contributed by atoms with van der Waals surface area (Å²) in [7, 11) is -0.399. The molecule has 5 aromatic rings. The van der Waals surface area contributed by atoms with Crippen molar-refractivity contribution < 1.29 is 9.31 Å². The van der Waals surface area contributed by atoms with Crippen LogP contribution in [0.3, 0.4) is 0 Å². The van der Waals surface area contributed by atoms with Crippen LogP contribution in [0.25, 0.3) is 43.4 Å². The fourth-order valence-corrected chi connectivity index (χ4v) is 4.76. The van der Waals surface area contributed by atoms with Gasteiger partial charge in [0.2, 0.25) is 0 Å². The maximum atomic E-state index is 6.39. The minimum atomic E-state index is -0.399. The monoisotopic (exact) mass is 393 g/mol. The summed E-state index contributed by atoms with van der Waals surface area (Å²) in [5.74, 6) is 0. The average molecular weight is 393 g/mol. The molecule has 1 N–H and O–H groups in total. The van der Waals surface area contributed by atoms with Gasteiger partial charge in [-0.1, -0.05) is 66.7 Å². The highest BCUT2D eigenvalue weighted by Crippen LogP contribution is 2.40. The van der Waals surface area contributed by atoms with Gasteiger partial charge >= 0.3 is 7.12 Å². The third-order valence-corrected chi connectivity index (χ3v) is 7.06. The zero-order valence-electron chi connectivity index (χ0n) is 17.7. The van der Waals surface area contributed by atoms with Gasteiger partial charge in [-0.25, -0.2) is 0 Å². The van der Waals surface area contributed by atoms with Gasteiger partial charge in [-0.15, -0.1) is 0 Å². The fourth-order valence-electron chi connectivity index (χ4n) is 4.76. The summed E-state index contributed by atoms with van der Waals surface area (Å²) in [6.45, 7) is 8.39. The topological polar surface area (TPSA) is 34.2 Å². The number of hydrogen-bond acceptors (Lipinski definition) is 2. The first-order chi connectivity index (χ1) is 14.4. The summed E-state index contributed by atoms with van der Waals surface area (Å²) in [6.07, 6.45) is 0. The molecule has 2 heterocycles. The van der Waals surface area contributed by atoms with Gasteiger partial charge in [-0.2, -0.15) is 0 Å². The van der Waals surface area contributed by atoms with E-state index in [4.69, 9.17) is 9.31 Å². The maximum absolute atomic E-state index is 6.39. The molecule has 4 aromatic carbocycles. The lowest BCUT2D eigenvalue weighted by Gasteiger charge is -2.32. The van der Waals surface area contributed by atoms with Crippen molar-refractivity contribution in [1.29, 1.82) is 0 Å². The normalized spacial score (nSPS) is 18.2. The second kappa shape index (κ2) is 5.87. The summed E-state index contributed by atoms with van der Waals surface area (Å²) >= 11 is 0. The van der Waals surface area contributed by atoms with Crippen molar-refractivity contribution in [2.75, 3.05) is 0 Å². The van der Waals surface area contributed by atoms with Crippen molar-refractivity contribution in [2.24, 2.45) is 0 Å². The van der Waals surface area contributed by atoms with E-state index in [1.54, 1.807) is 0 Å². The maximum Gasteiger partial charge on any atom is 0.497 e.